The highest BCUT2D eigenvalue weighted by atomic mass is 35.5. The summed E-state index contributed by atoms with van der Waals surface area (Å²) in [7, 11) is 0. The van der Waals surface area contributed by atoms with E-state index < -0.39 is 0 Å². The van der Waals surface area contributed by atoms with Crippen molar-refractivity contribution < 1.29 is 5.11 Å². The third-order valence-electron chi connectivity index (χ3n) is 3.27. The molecule has 2 nitrogen and oxygen atoms in total. The Morgan fingerprint density at radius 3 is 2.68 bits per heavy atom. The predicted octanol–water partition coefficient (Wildman–Crippen LogP) is 4.20. The molecule has 100 valence electrons. The summed E-state index contributed by atoms with van der Waals surface area (Å²) in [5.74, 6) is 0.369. The van der Waals surface area contributed by atoms with E-state index in [9.17, 15) is 5.11 Å². The number of aryl methyl sites for hydroxylation is 1. The molecule has 2 rings (SSSR count). The van der Waals surface area contributed by atoms with Gasteiger partial charge in [0.25, 0.3) is 0 Å². The van der Waals surface area contributed by atoms with Crippen molar-refractivity contribution in [2.24, 2.45) is 0 Å². The molecular formula is C16H18ClNO. The molecule has 1 atom stereocenters. The second kappa shape index (κ2) is 6.09. The summed E-state index contributed by atoms with van der Waals surface area (Å²) in [5.41, 5.74) is 2.95. The van der Waals surface area contributed by atoms with Crippen LogP contribution >= 0.6 is 11.6 Å². The molecule has 0 amide bonds. The zero-order chi connectivity index (χ0) is 13.8. The highest BCUT2D eigenvalue weighted by Crippen LogP contribution is 2.23. The van der Waals surface area contributed by atoms with Crippen LogP contribution in [0.25, 0.3) is 0 Å². The van der Waals surface area contributed by atoms with Gasteiger partial charge in [-0.3, -0.25) is 0 Å². The van der Waals surface area contributed by atoms with Gasteiger partial charge in [-0.05, 0) is 37.1 Å². The largest absolute Gasteiger partial charge is 0.507 e. The first-order chi connectivity index (χ1) is 9.08. The predicted molar refractivity (Wildman–Crippen MR) is 79.6 cm³/mol. The lowest BCUT2D eigenvalue weighted by atomic mass is 10.1. The quantitative estimate of drug-likeness (QED) is 0.876. The number of phenolic OH excluding ortho intramolecular Hbond substituents is 1. The lowest BCUT2D eigenvalue weighted by Gasteiger charge is -2.15. The van der Waals surface area contributed by atoms with Crippen LogP contribution in [0.2, 0.25) is 5.02 Å². The van der Waals surface area contributed by atoms with Crippen molar-refractivity contribution >= 4 is 11.6 Å². The average molecular weight is 276 g/mol. The van der Waals surface area contributed by atoms with Gasteiger partial charge in [-0.15, -0.1) is 0 Å². The molecule has 2 aromatic carbocycles. The Bertz CT molecular complexity index is 568. The second-order valence-electron chi connectivity index (χ2n) is 4.74. The normalized spacial score (nSPS) is 12.4. The fourth-order valence-corrected chi connectivity index (χ4v) is 2.22. The number of nitrogens with one attached hydrogen (secondary N) is 1. The first-order valence-electron chi connectivity index (χ1n) is 6.34. The third-order valence-corrected chi connectivity index (χ3v) is 3.50. The number of hydrogen-bond acceptors (Lipinski definition) is 2. The average Bonchev–Trinajstić information content (AvgIpc) is 2.40. The van der Waals surface area contributed by atoms with Crippen molar-refractivity contribution in [2.45, 2.75) is 26.4 Å². The number of para-hydroxylation sites is 1. The Morgan fingerprint density at radius 2 is 1.95 bits per heavy atom. The number of benzene rings is 2. The first kappa shape index (κ1) is 13.9. The van der Waals surface area contributed by atoms with Gasteiger partial charge >= 0.3 is 0 Å². The van der Waals surface area contributed by atoms with Crippen LogP contribution in [0.15, 0.2) is 42.5 Å². The highest BCUT2D eigenvalue weighted by Gasteiger charge is 2.08. The Kier molecular flexibility index (Phi) is 4.46. The monoisotopic (exact) mass is 275 g/mol. The van der Waals surface area contributed by atoms with E-state index in [2.05, 4.69) is 12.2 Å². The lowest BCUT2D eigenvalue weighted by molar-refractivity contribution is 0.456. The summed E-state index contributed by atoms with van der Waals surface area (Å²) >= 11 is 5.98. The standard InChI is InChI=1S/C16H18ClNO/c1-11-5-3-7-14(16(11)19)10-18-12(2)13-6-4-8-15(17)9-13/h3-9,12,18-19H,10H2,1-2H3/t12-/m1/s1. The minimum Gasteiger partial charge on any atom is -0.507 e. The van der Waals surface area contributed by atoms with Crippen LogP contribution in [-0.2, 0) is 6.54 Å². The molecule has 0 radical (unpaired) electrons. The Morgan fingerprint density at radius 1 is 1.21 bits per heavy atom. The third kappa shape index (κ3) is 3.49. The van der Waals surface area contributed by atoms with E-state index in [0.717, 1.165) is 21.7 Å². The van der Waals surface area contributed by atoms with E-state index in [1.807, 2.05) is 49.4 Å². The van der Waals surface area contributed by atoms with Crippen LogP contribution in [0.1, 0.15) is 29.7 Å². The van der Waals surface area contributed by atoms with Crippen molar-refractivity contribution in [1.29, 1.82) is 0 Å². The molecule has 0 aliphatic carbocycles. The maximum atomic E-state index is 9.96. The molecule has 0 bridgehead atoms. The molecule has 0 unspecified atom stereocenters. The fraction of sp³-hybridized carbons (Fsp3) is 0.250. The van der Waals surface area contributed by atoms with Crippen LogP contribution in [0.5, 0.6) is 5.75 Å². The van der Waals surface area contributed by atoms with Crippen LogP contribution < -0.4 is 5.32 Å². The van der Waals surface area contributed by atoms with E-state index in [4.69, 9.17) is 11.6 Å². The molecule has 19 heavy (non-hydrogen) atoms. The maximum Gasteiger partial charge on any atom is 0.122 e. The summed E-state index contributed by atoms with van der Waals surface area (Å²) in [6.45, 7) is 4.61. The van der Waals surface area contributed by atoms with Gasteiger partial charge in [-0.2, -0.15) is 0 Å². The van der Waals surface area contributed by atoms with Gasteiger partial charge in [-0.1, -0.05) is 41.9 Å². The van der Waals surface area contributed by atoms with Crippen LogP contribution in [0.4, 0.5) is 0 Å². The Labute approximate surface area is 119 Å². The molecule has 0 aliphatic heterocycles. The van der Waals surface area contributed by atoms with E-state index in [0.29, 0.717) is 12.3 Å². The van der Waals surface area contributed by atoms with Gasteiger partial charge in [0, 0.05) is 23.2 Å². The van der Waals surface area contributed by atoms with Crippen molar-refractivity contribution in [1.82, 2.24) is 5.32 Å². The van der Waals surface area contributed by atoms with Crippen LogP contribution in [-0.4, -0.2) is 5.11 Å². The molecular weight excluding hydrogens is 258 g/mol. The molecule has 0 fully saturated rings. The van der Waals surface area contributed by atoms with Crippen molar-refractivity contribution in [3.63, 3.8) is 0 Å². The molecule has 0 spiro atoms. The van der Waals surface area contributed by atoms with Gasteiger partial charge in [0.15, 0.2) is 0 Å². The molecule has 0 heterocycles. The van der Waals surface area contributed by atoms with Gasteiger partial charge in [-0.25, -0.2) is 0 Å². The van der Waals surface area contributed by atoms with Gasteiger partial charge in [0.2, 0.25) is 0 Å². The topological polar surface area (TPSA) is 32.3 Å². The number of aromatic hydroxyl groups is 1. The summed E-state index contributed by atoms with van der Waals surface area (Å²) in [6.07, 6.45) is 0. The van der Waals surface area contributed by atoms with E-state index in [1.165, 1.54) is 0 Å². The van der Waals surface area contributed by atoms with Crippen molar-refractivity contribution in [3.05, 3.63) is 64.2 Å². The fourth-order valence-electron chi connectivity index (χ4n) is 2.02. The first-order valence-corrected chi connectivity index (χ1v) is 6.72. The number of rotatable bonds is 4. The molecule has 0 aliphatic rings. The van der Waals surface area contributed by atoms with Crippen molar-refractivity contribution in [3.8, 4) is 5.75 Å². The summed E-state index contributed by atoms with van der Waals surface area (Å²) < 4.78 is 0. The summed E-state index contributed by atoms with van der Waals surface area (Å²) in [5, 5.41) is 14.1. The SMILES string of the molecule is Cc1cccc(CN[C@H](C)c2cccc(Cl)c2)c1O. The second-order valence-corrected chi connectivity index (χ2v) is 5.18. The maximum absolute atomic E-state index is 9.96. The number of phenols is 1. The van der Waals surface area contributed by atoms with Crippen molar-refractivity contribution in [2.75, 3.05) is 0 Å². The number of halogens is 1. The summed E-state index contributed by atoms with van der Waals surface area (Å²) in [6, 6.07) is 13.8. The smallest absolute Gasteiger partial charge is 0.122 e. The lowest BCUT2D eigenvalue weighted by Crippen LogP contribution is -2.18. The van der Waals surface area contributed by atoms with Gasteiger partial charge in [0.1, 0.15) is 5.75 Å². The van der Waals surface area contributed by atoms with E-state index >= 15 is 0 Å². The summed E-state index contributed by atoms with van der Waals surface area (Å²) in [4.78, 5) is 0. The Balaban J connectivity index is 2.04. The van der Waals surface area contributed by atoms with Crippen LogP contribution in [0.3, 0.4) is 0 Å². The molecule has 0 aromatic heterocycles. The van der Waals surface area contributed by atoms with Crippen LogP contribution in [0, 0.1) is 6.92 Å². The number of hydrogen-bond donors (Lipinski definition) is 2. The highest BCUT2D eigenvalue weighted by molar-refractivity contribution is 6.30. The minimum atomic E-state index is 0.179. The molecule has 2 aromatic rings. The van der Waals surface area contributed by atoms with Gasteiger partial charge < -0.3 is 10.4 Å². The van der Waals surface area contributed by atoms with E-state index in [1.54, 1.807) is 0 Å². The minimum absolute atomic E-state index is 0.179. The zero-order valence-electron chi connectivity index (χ0n) is 11.2. The molecule has 0 saturated heterocycles. The Hall–Kier alpha value is -1.51. The zero-order valence-corrected chi connectivity index (χ0v) is 11.9. The van der Waals surface area contributed by atoms with Gasteiger partial charge in [0.05, 0.1) is 0 Å². The molecule has 0 saturated carbocycles. The molecule has 2 N–H and O–H groups in total. The van der Waals surface area contributed by atoms with E-state index in [-0.39, 0.29) is 6.04 Å². The molecule has 3 heteroatoms.